The molecule has 8 heteroatoms. The van der Waals surface area contributed by atoms with Crippen LogP contribution in [0.4, 0.5) is 0 Å². The molecule has 1 aliphatic rings. The van der Waals surface area contributed by atoms with Crippen LogP contribution in [0, 0.1) is 4.77 Å². The van der Waals surface area contributed by atoms with Gasteiger partial charge in [-0.3, -0.25) is 14.5 Å². The Balaban J connectivity index is 1.46. The Morgan fingerprint density at radius 1 is 1.34 bits per heavy atom. The van der Waals surface area contributed by atoms with Crippen LogP contribution < -0.4 is 4.74 Å². The van der Waals surface area contributed by atoms with Gasteiger partial charge in [-0.15, -0.1) is 0 Å². The number of rotatable bonds is 9. The van der Waals surface area contributed by atoms with Gasteiger partial charge in [0.05, 0.1) is 6.61 Å². The van der Waals surface area contributed by atoms with Gasteiger partial charge in [-0.05, 0) is 78.6 Å². The van der Waals surface area contributed by atoms with Crippen molar-refractivity contribution in [2.24, 2.45) is 0 Å². The quantitative estimate of drug-likeness (QED) is 0.504. The van der Waals surface area contributed by atoms with Gasteiger partial charge in [0.15, 0.2) is 10.6 Å². The zero-order valence-corrected chi connectivity index (χ0v) is 18.0. The molecule has 1 N–H and O–H groups in total. The van der Waals surface area contributed by atoms with Crippen LogP contribution in [0.1, 0.15) is 31.7 Å². The molecule has 4 rings (SSSR count). The van der Waals surface area contributed by atoms with Crippen molar-refractivity contribution in [3.05, 3.63) is 51.4 Å². The molecular formula is C21H24N4O2S2. The Morgan fingerprint density at radius 3 is 2.79 bits per heavy atom. The molecule has 0 aliphatic heterocycles. The number of aromatic nitrogens is 3. The lowest BCUT2D eigenvalue weighted by molar-refractivity contribution is -0.132. The van der Waals surface area contributed by atoms with Gasteiger partial charge in [-0.1, -0.05) is 0 Å². The summed E-state index contributed by atoms with van der Waals surface area (Å²) in [5.74, 6) is 1.72. The molecule has 2 heterocycles. The van der Waals surface area contributed by atoms with E-state index in [2.05, 4.69) is 27.0 Å². The minimum absolute atomic E-state index is 0.166. The van der Waals surface area contributed by atoms with Gasteiger partial charge in [-0.25, -0.2) is 0 Å². The Morgan fingerprint density at radius 2 is 2.14 bits per heavy atom. The number of thiophene rings is 1. The van der Waals surface area contributed by atoms with E-state index in [0.717, 1.165) is 30.0 Å². The van der Waals surface area contributed by atoms with E-state index in [1.165, 1.54) is 5.56 Å². The standard InChI is InChI=1S/C21H24N4O2S2/c1-2-27-18-7-3-16(4-8-18)20-22-23-21(28)24(20)11-9-19(26)25(17-5-6-17)13-15-10-12-29-14-15/h3-4,7-8,10,12,14,17H,2,5-6,9,11,13H2,1H3,(H,23,28). The number of H-pyrrole nitrogens is 1. The van der Waals surface area contributed by atoms with Crippen LogP contribution in [-0.2, 0) is 17.9 Å². The van der Waals surface area contributed by atoms with Crippen LogP contribution in [0.25, 0.3) is 11.4 Å². The van der Waals surface area contributed by atoms with Gasteiger partial charge in [0.2, 0.25) is 5.91 Å². The van der Waals surface area contributed by atoms with E-state index >= 15 is 0 Å². The van der Waals surface area contributed by atoms with Crippen molar-refractivity contribution >= 4 is 29.5 Å². The van der Waals surface area contributed by atoms with Gasteiger partial charge in [0.25, 0.3) is 0 Å². The maximum atomic E-state index is 13.0. The summed E-state index contributed by atoms with van der Waals surface area (Å²) in [6.07, 6.45) is 2.59. The van der Waals surface area contributed by atoms with Crippen LogP contribution in [0.3, 0.4) is 0 Å². The second kappa shape index (κ2) is 8.92. The normalized spacial score (nSPS) is 13.4. The van der Waals surface area contributed by atoms with Crippen molar-refractivity contribution < 1.29 is 9.53 Å². The number of carbonyl (C=O) groups excluding carboxylic acids is 1. The van der Waals surface area contributed by atoms with Crippen molar-refractivity contribution in [3.63, 3.8) is 0 Å². The predicted molar refractivity (Wildman–Crippen MR) is 117 cm³/mol. The molecular weight excluding hydrogens is 404 g/mol. The molecule has 1 aromatic carbocycles. The number of ether oxygens (including phenoxy) is 1. The number of benzene rings is 1. The molecule has 0 spiro atoms. The van der Waals surface area contributed by atoms with E-state index < -0.39 is 0 Å². The van der Waals surface area contributed by atoms with Gasteiger partial charge < -0.3 is 9.64 Å². The number of aromatic amines is 1. The van der Waals surface area contributed by atoms with Gasteiger partial charge in [-0.2, -0.15) is 16.4 Å². The molecule has 29 heavy (non-hydrogen) atoms. The second-order valence-corrected chi connectivity index (χ2v) is 8.26. The summed E-state index contributed by atoms with van der Waals surface area (Å²) in [6, 6.07) is 10.2. The molecule has 152 valence electrons. The summed E-state index contributed by atoms with van der Waals surface area (Å²) < 4.78 is 7.93. The highest BCUT2D eigenvalue weighted by Crippen LogP contribution is 2.29. The first kappa shape index (κ1) is 19.8. The average Bonchev–Trinajstić information content (AvgIpc) is 3.31. The zero-order valence-electron chi connectivity index (χ0n) is 16.3. The van der Waals surface area contributed by atoms with Crippen LogP contribution in [0.5, 0.6) is 5.75 Å². The highest BCUT2D eigenvalue weighted by Gasteiger charge is 2.32. The van der Waals surface area contributed by atoms with Crippen LogP contribution >= 0.6 is 23.6 Å². The SMILES string of the molecule is CCOc1ccc(-c2n[nH]c(=S)n2CCC(=O)N(Cc2ccsc2)C2CC2)cc1. The maximum absolute atomic E-state index is 13.0. The molecule has 6 nitrogen and oxygen atoms in total. The monoisotopic (exact) mass is 428 g/mol. The minimum atomic E-state index is 0.166. The van der Waals surface area contributed by atoms with E-state index in [4.69, 9.17) is 17.0 Å². The summed E-state index contributed by atoms with van der Waals surface area (Å²) in [4.78, 5) is 15.0. The van der Waals surface area contributed by atoms with Gasteiger partial charge in [0, 0.05) is 31.1 Å². The van der Waals surface area contributed by atoms with Crippen LogP contribution in [0.15, 0.2) is 41.1 Å². The fourth-order valence-electron chi connectivity index (χ4n) is 3.35. The highest BCUT2D eigenvalue weighted by molar-refractivity contribution is 7.71. The van der Waals surface area contributed by atoms with Crippen molar-refractivity contribution in [2.75, 3.05) is 6.61 Å². The highest BCUT2D eigenvalue weighted by atomic mass is 32.1. The first-order chi connectivity index (χ1) is 14.2. The molecule has 2 aromatic heterocycles. The average molecular weight is 429 g/mol. The topological polar surface area (TPSA) is 63.1 Å². The molecule has 0 bridgehead atoms. The van der Waals surface area contributed by atoms with Crippen molar-refractivity contribution in [1.29, 1.82) is 0 Å². The number of hydrogen-bond acceptors (Lipinski definition) is 5. The van der Waals surface area contributed by atoms with E-state index in [9.17, 15) is 4.79 Å². The first-order valence-corrected chi connectivity index (χ1v) is 11.2. The lowest BCUT2D eigenvalue weighted by atomic mass is 10.2. The van der Waals surface area contributed by atoms with Crippen LogP contribution in [0.2, 0.25) is 0 Å². The molecule has 3 aromatic rings. The Labute approximate surface area is 179 Å². The molecule has 0 unspecified atom stereocenters. The van der Waals surface area contributed by atoms with E-state index in [1.807, 2.05) is 40.7 Å². The number of carbonyl (C=O) groups is 1. The largest absolute Gasteiger partial charge is 0.494 e. The number of amides is 1. The third-order valence-electron chi connectivity index (χ3n) is 4.97. The molecule has 1 amide bonds. The molecule has 0 radical (unpaired) electrons. The summed E-state index contributed by atoms with van der Waals surface area (Å²) in [7, 11) is 0. The summed E-state index contributed by atoms with van der Waals surface area (Å²) in [5, 5.41) is 11.4. The van der Waals surface area contributed by atoms with Crippen molar-refractivity contribution in [3.8, 4) is 17.1 Å². The number of hydrogen-bond donors (Lipinski definition) is 1. The van der Waals surface area contributed by atoms with E-state index in [1.54, 1.807) is 11.3 Å². The fourth-order valence-corrected chi connectivity index (χ4v) is 4.23. The van der Waals surface area contributed by atoms with Crippen LogP contribution in [-0.4, -0.2) is 38.2 Å². The number of nitrogens with zero attached hydrogens (tertiary/aromatic N) is 3. The van der Waals surface area contributed by atoms with Gasteiger partial charge >= 0.3 is 0 Å². The van der Waals surface area contributed by atoms with Gasteiger partial charge in [0.1, 0.15) is 5.75 Å². The summed E-state index contributed by atoms with van der Waals surface area (Å²) >= 11 is 7.08. The second-order valence-electron chi connectivity index (χ2n) is 7.10. The fraction of sp³-hybridized carbons (Fsp3) is 0.381. The lowest BCUT2D eigenvalue weighted by Gasteiger charge is -2.22. The first-order valence-electron chi connectivity index (χ1n) is 9.84. The third-order valence-corrected chi connectivity index (χ3v) is 6.02. The van der Waals surface area contributed by atoms with E-state index in [-0.39, 0.29) is 5.91 Å². The molecule has 0 saturated heterocycles. The van der Waals surface area contributed by atoms with E-state index in [0.29, 0.717) is 36.9 Å². The zero-order chi connectivity index (χ0) is 20.2. The van der Waals surface area contributed by atoms with Crippen molar-refractivity contribution in [1.82, 2.24) is 19.7 Å². The Hall–Kier alpha value is -2.45. The molecule has 1 saturated carbocycles. The number of nitrogens with one attached hydrogen (secondary N) is 1. The summed E-state index contributed by atoms with van der Waals surface area (Å²) in [5.41, 5.74) is 2.14. The molecule has 1 aliphatic carbocycles. The minimum Gasteiger partial charge on any atom is -0.494 e. The van der Waals surface area contributed by atoms with Crippen molar-refractivity contribution in [2.45, 2.75) is 45.3 Å². The maximum Gasteiger partial charge on any atom is 0.224 e. The third kappa shape index (κ3) is 4.76. The predicted octanol–water partition coefficient (Wildman–Crippen LogP) is 4.65. The summed E-state index contributed by atoms with van der Waals surface area (Å²) in [6.45, 7) is 3.78. The Kier molecular flexibility index (Phi) is 6.10. The Bertz CT molecular complexity index is 1000. The molecule has 0 atom stereocenters. The lowest BCUT2D eigenvalue weighted by Crippen LogP contribution is -2.33. The smallest absolute Gasteiger partial charge is 0.224 e. The molecule has 1 fully saturated rings.